The highest BCUT2D eigenvalue weighted by atomic mass is 16.4. The Hall–Kier alpha value is -1.81. The summed E-state index contributed by atoms with van der Waals surface area (Å²) in [4.78, 5) is 11.8. The van der Waals surface area contributed by atoms with E-state index in [1.165, 1.54) is 32.1 Å². The molecule has 1 saturated carbocycles. The molecule has 1 aromatic carbocycles. The normalized spacial score (nSPS) is 16.4. The number of fused-ring (bicyclic) bond motifs is 1. The van der Waals surface area contributed by atoms with Crippen molar-refractivity contribution in [2.24, 2.45) is 0 Å². The molecule has 3 rings (SSSR count). The monoisotopic (exact) mass is 288 g/mol. The van der Waals surface area contributed by atoms with E-state index in [4.69, 9.17) is 4.42 Å². The fourth-order valence-electron chi connectivity index (χ4n) is 3.25. The number of aryl methyl sites for hydroxylation is 1. The lowest BCUT2D eigenvalue weighted by atomic mass is 9.95. The van der Waals surface area contributed by atoms with Gasteiger partial charge in [0, 0.05) is 22.6 Å². The predicted molar refractivity (Wildman–Crippen MR) is 81.4 cm³/mol. The summed E-state index contributed by atoms with van der Waals surface area (Å²) in [6, 6.07) is 5.75. The van der Waals surface area contributed by atoms with Gasteiger partial charge in [-0.1, -0.05) is 6.42 Å². The van der Waals surface area contributed by atoms with Gasteiger partial charge in [-0.25, -0.2) is 4.79 Å². The predicted octanol–water partition coefficient (Wildman–Crippen LogP) is 2.20. The van der Waals surface area contributed by atoms with Crippen LogP contribution >= 0.6 is 0 Å². The average molecular weight is 288 g/mol. The van der Waals surface area contributed by atoms with Crippen molar-refractivity contribution in [1.29, 1.82) is 0 Å². The van der Waals surface area contributed by atoms with E-state index in [0.29, 0.717) is 17.2 Å². The van der Waals surface area contributed by atoms with Crippen molar-refractivity contribution in [1.82, 2.24) is 0 Å². The van der Waals surface area contributed by atoms with E-state index in [1.54, 1.807) is 19.1 Å². The highest BCUT2D eigenvalue weighted by Crippen LogP contribution is 2.27. The summed E-state index contributed by atoms with van der Waals surface area (Å²) in [5, 5.41) is 13.0. The minimum absolute atomic E-state index is 0.166. The van der Waals surface area contributed by atoms with Crippen LogP contribution in [0.5, 0.6) is 5.75 Å². The first kappa shape index (κ1) is 14.1. The SMILES string of the molecule is Cc1c(O)ccc2c(C[NH2+]C3CCCCC3)cc(=O)oc12. The van der Waals surface area contributed by atoms with E-state index in [2.05, 4.69) is 5.32 Å². The van der Waals surface area contributed by atoms with E-state index in [1.807, 2.05) is 6.07 Å². The molecule has 0 saturated heterocycles. The molecule has 1 fully saturated rings. The number of rotatable bonds is 3. The minimum Gasteiger partial charge on any atom is -0.508 e. The molecular weight excluding hydrogens is 266 g/mol. The lowest BCUT2D eigenvalue weighted by Gasteiger charge is -2.20. The van der Waals surface area contributed by atoms with Gasteiger partial charge in [-0.15, -0.1) is 0 Å². The van der Waals surface area contributed by atoms with Gasteiger partial charge in [0.25, 0.3) is 0 Å². The molecule has 4 heteroatoms. The molecule has 0 bridgehead atoms. The maximum Gasteiger partial charge on any atom is 0.336 e. The van der Waals surface area contributed by atoms with Gasteiger partial charge in [0.2, 0.25) is 0 Å². The Morgan fingerprint density at radius 3 is 2.81 bits per heavy atom. The summed E-state index contributed by atoms with van der Waals surface area (Å²) in [7, 11) is 0. The van der Waals surface area contributed by atoms with Gasteiger partial charge >= 0.3 is 5.63 Å². The van der Waals surface area contributed by atoms with E-state index in [9.17, 15) is 9.90 Å². The maximum atomic E-state index is 11.8. The number of phenols is 1. The van der Waals surface area contributed by atoms with Gasteiger partial charge in [-0.05, 0) is 44.7 Å². The second kappa shape index (κ2) is 5.90. The Morgan fingerprint density at radius 1 is 1.29 bits per heavy atom. The third-order valence-corrected chi connectivity index (χ3v) is 4.54. The first-order valence-electron chi connectivity index (χ1n) is 7.74. The molecule has 0 spiro atoms. The van der Waals surface area contributed by atoms with E-state index >= 15 is 0 Å². The molecule has 1 aromatic heterocycles. The summed E-state index contributed by atoms with van der Waals surface area (Å²) in [5.74, 6) is 0.166. The van der Waals surface area contributed by atoms with Crippen LogP contribution in [0.2, 0.25) is 0 Å². The maximum absolute atomic E-state index is 11.8. The molecule has 0 aliphatic heterocycles. The number of phenolic OH excluding ortho intramolecular Hbond substituents is 1. The number of hydrogen-bond donors (Lipinski definition) is 2. The molecular formula is C17H22NO3+. The van der Waals surface area contributed by atoms with Gasteiger partial charge in [-0.3, -0.25) is 0 Å². The molecule has 0 unspecified atom stereocenters. The van der Waals surface area contributed by atoms with Crippen molar-refractivity contribution in [3.05, 3.63) is 39.7 Å². The van der Waals surface area contributed by atoms with Crippen molar-refractivity contribution in [2.45, 2.75) is 51.6 Å². The zero-order chi connectivity index (χ0) is 14.8. The zero-order valence-corrected chi connectivity index (χ0v) is 12.4. The van der Waals surface area contributed by atoms with Crippen LogP contribution in [0.25, 0.3) is 11.0 Å². The van der Waals surface area contributed by atoms with E-state index in [0.717, 1.165) is 17.5 Å². The first-order valence-corrected chi connectivity index (χ1v) is 7.74. The Bertz CT molecular complexity index is 699. The van der Waals surface area contributed by atoms with Crippen molar-refractivity contribution in [3.8, 4) is 5.75 Å². The third kappa shape index (κ3) is 2.95. The van der Waals surface area contributed by atoms with Crippen molar-refractivity contribution >= 4 is 11.0 Å². The van der Waals surface area contributed by atoms with Crippen molar-refractivity contribution in [3.63, 3.8) is 0 Å². The lowest BCUT2D eigenvalue weighted by molar-refractivity contribution is -0.706. The molecule has 3 N–H and O–H groups in total. The van der Waals surface area contributed by atoms with Gasteiger partial charge in [-0.2, -0.15) is 0 Å². The zero-order valence-electron chi connectivity index (χ0n) is 12.4. The smallest absolute Gasteiger partial charge is 0.336 e. The lowest BCUT2D eigenvalue weighted by Crippen LogP contribution is -2.88. The van der Waals surface area contributed by atoms with Crippen LogP contribution in [0.3, 0.4) is 0 Å². The summed E-state index contributed by atoms with van der Waals surface area (Å²) in [5.41, 5.74) is 1.79. The van der Waals surface area contributed by atoms with Crippen molar-refractivity contribution < 1.29 is 14.8 Å². The fourth-order valence-corrected chi connectivity index (χ4v) is 3.25. The van der Waals surface area contributed by atoms with Gasteiger partial charge in [0.1, 0.15) is 17.9 Å². The quantitative estimate of drug-likeness (QED) is 0.851. The Kier molecular flexibility index (Phi) is 3.97. The highest BCUT2D eigenvalue weighted by Gasteiger charge is 2.17. The van der Waals surface area contributed by atoms with Gasteiger partial charge < -0.3 is 14.8 Å². The molecule has 1 aliphatic carbocycles. The first-order chi connectivity index (χ1) is 10.1. The van der Waals surface area contributed by atoms with Crippen LogP contribution in [-0.4, -0.2) is 11.1 Å². The van der Waals surface area contributed by atoms with Crippen LogP contribution in [-0.2, 0) is 6.54 Å². The number of quaternary nitrogens is 1. The highest BCUT2D eigenvalue weighted by molar-refractivity contribution is 5.84. The summed E-state index contributed by atoms with van der Waals surface area (Å²) in [6.07, 6.45) is 6.50. The Labute approximate surface area is 123 Å². The molecule has 2 aromatic rings. The topological polar surface area (TPSA) is 67.1 Å². The molecule has 0 radical (unpaired) electrons. The van der Waals surface area contributed by atoms with Crippen LogP contribution in [0.4, 0.5) is 0 Å². The summed E-state index contributed by atoms with van der Waals surface area (Å²) >= 11 is 0. The molecule has 1 heterocycles. The molecule has 0 atom stereocenters. The van der Waals surface area contributed by atoms with Crippen LogP contribution in [0, 0.1) is 6.92 Å². The van der Waals surface area contributed by atoms with Gasteiger partial charge in [0.15, 0.2) is 0 Å². The third-order valence-electron chi connectivity index (χ3n) is 4.54. The summed E-state index contributed by atoms with van der Waals surface area (Å²) in [6.45, 7) is 2.56. The number of nitrogens with two attached hydrogens (primary N) is 1. The van der Waals surface area contributed by atoms with Crippen LogP contribution in [0.1, 0.15) is 43.2 Å². The molecule has 0 amide bonds. The van der Waals surface area contributed by atoms with Crippen molar-refractivity contribution in [2.75, 3.05) is 0 Å². The number of hydrogen-bond acceptors (Lipinski definition) is 3. The molecule has 21 heavy (non-hydrogen) atoms. The van der Waals surface area contributed by atoms with E-state index < -0.39 is 0 Å². The average Bonchev–Trinajstić information content (AvgIpc) is 2.50. The summed E-state index contributed by atoms with van der Waals surface area (Å²) < 4.78 is 5.28. The number of benzene rings is 1. The van der Waals surface area contributed by atoms with Gasteiger partial charge in [0.05, 0.1) is 6.04 Å². The van der Waals surface area contributed by atoms with Crippen LogP contribution < -0.4 is 10.9 Å². The molecule has 4 nitrogen and oxygen atoms in total. The molecule has 112 valence electrons. The minimum atomic E-state index is -0.344. The standard InChI is InChI=1S/C17H21NO3/c1-11-15(19)8-7-14-12(9-16(20)21-17(11)14)10-18-13-5-3-2-4-6-13/h7-9,13,18-19H,2-6,10H2,1H3/p+1. The Morgan fingerprint density at radius 2 is 2.05 bits per heavy atom. The second-order valence-corrected chi connectivity index (χ2v) is 6.01. The second-order valence-electron chi connectivity index (χ2n) is 6.01. The van der Waals surface area contributed by atoms with E-state index in [-0.39, 0.29) is 11.4 Å². The fraction of sp³-hybridized carbons (Fsp3) is 0.471. The largest absolute Gasteiger partial charge is 0.508 e. The Balaban J connectivity index is 1.90. The van der Waals surface area contributed by atoms with Crippen LogP contribution in [0.15, 0.2) is 27.4 Å². The number of aromatic hydroxyl groups is 1. The molecule has 1 aliphatic rings.